The molecule has 0 amide bonds. The molecule has 9 heteroatoms. The van der Waals surface area contributed by atoms with E-state index in [-0.39, 0.29) is 25.4 Å². The summed E-state index contributed by atoms with van der Waals surface area (Å²) in [5, 5.41) is 15.5. The smallest absolute Gasteiger partial charge is 0.165 e. The third kappa shape index (κ3) is 3.39. The summed E-state index contributed by atoms with van der Waals surface area (Å²) in [5.74, 6) is 0.488. The first-order chi connectivity index (χ1) is 10.5. The van der Waals surface area contributed by atoms with Crippen LogP contribution in [0.2, 0.25) is 0 Å². The first kappa shape index (κ1) is 17.1. The average Bonchev–Trinajstić information content (AvgIpc) is 3.30. The van der Waals surface area contributed by atoms with Crippen LogP contribution in [-0.4, -0.2) is 49.8 Å². The maximum Gasteiger partial charge on any atom is 0.165 e. The lowest BCUT2D eigenvalue weighted by Crippen LogP contribution is -2.51. The summed E-state index contributed by atoms with van der Waals surface area (Å²) in [6, 6.07) is -0.146. The molecule has 2 aliphatic rings. The fraction of sp³-hybridized carbons (Fsp3) is 0.615. The second kappa shape index (κ2) is 6.88. The van der Waals surface area contributed by atoms with Crippen LogP contribution in [0.1, 0.15) is 19.8 Å². The zero-order chi connectivity index (χ0) is 16.3. The molecule has 0 aromatic heterocycles. The maximum atomic E-state index is 11.6. The summed E-state index contributed by atoms with van der Waals surface area (Å²) in [6.45, 7) is 2.01. The maximum absolute atomic E-state index is 11.6. The van der Waals surface area contributed by atoms with Crippen molar-refractivity contribution < 1.29 is 13.9 Å². The standard InChI is InChI=1S/C13H23N5O3S/c1-8(7-19)16-11-4-10(13(2-3-13)22(20)21)17-12(18-11)9(5-14)6-15/h4-5,8,11,16,19H,2-3,6-7,14-15H2,1H3,(H,17,18)(H,20,21)/b9-5+/t8-,11-/m0/s1. The largest absolute Gasteiger partial charge is 0.404 e. The van der Waals surface area contributed by atoms with Gasteiger partial charge in [-0.2, -0.15) is 0 Å². The number of hydrogen-bond donors (Lipinski definition) is 6. The van der Waals surface area contributed by atoms with Crippen LogP contribution in [0.3, 0.4) is 0 Å². The Labute approximate surface area is 132 Å². The number of nitrogens with two attached hydrogens (primary N) is 2. The number of nitrogens with one attached hydrogen (secondary N) is 2. The van der Waals surface area contributed by atoms with Crippen LogP contribution in [0.15, 0.2) is 28.5 Å². The highest BCUT2D eigenvalue weighted by molar-refractivity contribution is 7.81. The van der Waals surface area contributed by atoms with Crippen molar-refractivity contribution in [2.75, 3.05) is 13.2 Å². The molecule has 1 saturated carbocycles. The number of nitrogens with zero attached hydrogens (tertiary/aromatic N) is 1. The van der Waals surface area contributed by atoms with E-state index in [0.717, 1.165) is 0 Å². The van der Waals surface area contributed by atoms with Crippen molar-refractivity contribution in [1.29, 1.82) is 0 Å². The summed E-state index contributed by atoms with van der Waals surface area (Å²) >= 11 is -1.99. The van der Waals surface area contributed by atoms with E-state index in [9.17, 15) is 13.9 Å². The normalized spacial score (nSPS) is 26.5. The van der Waals surface area contributed by atoms with Crippen molar-refractivity contribution in [3.05, 3.63) is 23.5 Å². The van der Waals surface area contributed by atoms with Gasteiger partial charge in [0.2, 0.25) is 0 Å². The van der Waals surface area contributed by atoms with E-state index in [1.54, 1.807) is 6.08 Å². The molecule has 0 radical (unpaired) electrons. The summed E-state index contributed by atoms with van der Waals surface area (Å²) in [7, 11) is 0. The van der Waals surface area contributed by atoms with Gasteiger partial charge in [-0.1, -0.05) is 0 Å². The topological polar surface area (TPSA) is 146 Å². The highest BCUT2D eigenvalue weighted by Gasteiger charge is 2.53. The molecular formula is C13H23N5O3S. The molecule has 1 heterocycles. The number of hydrogen-bond acceptors (Lipinski definition) is 7. The highest BCUT2D eigenvalue weighted by atomic mass is 32.2. The molecule has 0 spiro atoms. The van der Waals surface area contributed by atoms with Gasteiger partial charge in [-0.25, -0.2) is 9.20 Å². The van der Waals surface area contributed by atoms with Crippen molar-refractivity contribution in [2.24, 2.45) is 16.5 Å². The van der Waals surface area contributed by atoms with E-state index in [1.807, 2.05) is 6.92 Å². The van der Waals surface area contributed by atoms with Gasteiger partial charge in [0.1, 0.15) is 10.6 Å². The van der Waals surface area contributed by atoms with Crippen LogP contribution in [0.5, 0.6) is 0 Å². The molecular weight excluding hydrogens is 306 g/mol. The van der Waals surface area contributed by atoms with Gasteiger partial charge in [0.25, 0.3) is 0 Å². The Bertz CT molecular complexity index is 542. The Balaban J connectivity index is 2.32. The van der Waals surface area contributed by atoms with E-state index in [2.05, 4.69) is 15.6 Å². The number of aliphatic hydroxyl groups excluding tert-OH is 1. The van der Waals surface area contributed by atoms with Gasteiger partial charge in [0, 0.05) is 24.4 Å². The fourth-order valence-electron chi connectivity index (χ4n) is 2.28. The molecule has 8 nitrogen and oxygen atoms in total. The summed E-state index contributed by atoms with van der Waals surface area (Å²) < 4.78 is 20.4. The highest BCUT2D eigenvalue weighted by Crippen LogP contribution is 2.48. The zero-order valence-corrected chi connectivity index (χ0v) is 13.3. The van der Waals surface area contributed by atoms with Crippen molar-refractivity contribution in [2.45, 2.75) is 36.7 Å². The summed E-state index contributed by atoms with van der Waals surface area (Å²) in [6.07, 6.45) is 4.06. The molecule has 124 valence electrons. The van der Waals surface area contributed by atoms with E-state index in [4.69, 9.17) is 11.5 Å². The van der Waals surface area contributed by atoms with Crippen LogP contribution < -0.4 is 22.1 Å². The summed E-state index contributed by atoms with van der Waals surface area (Å²) in [4.78, 5) is 4.45. The summed E-state index contributed by atoms with van der Waals surface area (Å²) in [5.41, 5.74) is 12.4. The minimum Gasteiger partial charge on any atom is -0.404 e. The van der Waals surface area contributed by atoms with E-state index in [0.29, 0.717) is 29.9 Å². The first-order valence-electron chi connectivity index (χ1n) is 7.13. The Morgan fingerprint density at radius 2 is 2.41 bits per heavy atom. The quantitative estimate of drug-likeness (QED) is 0.319. The van der Waals surface area contributed by atoms with Crippen LogP contribution in [0.25, 0.3) is 0 Å². The minimum absolute atomic E-state index is 0.0264. The molecule has 8 N–H and O–H groups in total. The van der Waals surface area contributed by atoms with Gasteiger partial charge in [0.15, 0.2) is 11.1 Å². The molecule has 2 rings (SSSR count). The SMILES string of the molecule is C[C@@H](CO)N[C@@H]1C=C(C2(S(=O)O)CC2)N=C(/C(=C/N)CN)N1. The molecule has 0 saturated heterocycles. The number of rotatable bonds is 7. The van der Waals surface area contributed by atoms with E-state index in [1.165, 1.54) is 6.20 Å². The second-order valence-electron chi connectivity index (χ2n) is 5.52. The molecule has 1 unspecified atom stereocenters. The van der Waals surface area contributed by atoms with Gasteiger partial charge in [-0.3, -0.25) is 5.32 Å². The van der Waals surface area contributed by atoms with Gasteiger partial charge >= 0.3 is 0 Å². The molecule has 0 aromatic rings. The van der Waals surface area contributed by atoms with E-state index >= 15 is 0 Å². The van der Waals surface area contributed by atoms with Crippen LogP contribution >= 0.6 is 0 Å². The number of amidine groups is 1. The van der Waals surface area contributed by atoms with Gasteiger partial charge < -0.3 is 26.4 Å². The third-order valence-electron chi connectivity index (χ3n) is 3.82. The Morgan fingerprint density at radius 1 is 1.73 bits per heavy atom. The molecule has 22 heavy (non-hydrogen) atoms. The molecule has 0 aromatic carbocycles. The predicted molar refractivity (Wildman–Crippen MR) is 86.2 cm³/mol. The van der Waals surface area contributed by atoms with Crippen molar-refractivity contribution in [3.63, 3.8) is 0 Å². The monoisotopic (exact) mass is 329 g/mol. The van der Waals surface area contributed by atoms with Crippen molar-refractivity contribution in [1.82, 2.24) is 10.6 Å². The van der Waals surface area contributed by atoms with Gasteiger partial charge in [-0.15, -0.1) is 0 Å². The van der Waals surface area contributed by atoms with Crippen molar-refractivity contribution in [3.8, 4) is 0 Å². The number of aliphatic imine (C=N–C) groups is 1. The Hall–Kier alpha value is -1.26. The fourth-order valence-corrected chi connectivity index (χ4v) is 3.03. The second-order valence-corrected chi connectivity index (χ2v) is 6.80. The molecule has 1 fully saturated rings. The lowest BCUT2D eigenvalue weighted by atomic mass is 10.1. The van der Waals surface area contributed by atoms with Crippen LogP contribution in [0, 0.1) is 0 Å². The van der Waals surface area contributed by atoms with Crippen molar-refractivity contribution >= 4 is 16.9 Å². The third-order valence-corrected chi connectivity index (χ3v) is 5.10. The Morgan fingerprint density at radius 3 is 2.86 bits per heavy atom. The average molecular weight is 329 g/mol. The van der Waals surface area contributed by atoms with Crippen LogP contribution in [0.4, 0.5) is 0 Å². The number of aliphatic hydroxyl groups is 1. The zero-order valence-electron chi connectivity index (χ0n) is 12.5. The van der Waals surface area contributed by atoms with Crippen LogP contribution in [-0.2, 0) is 11.1 Å². The minimum atomic E-state index is -1.99. The van der Waals surface area contributed by atoms with E-state index < -0.39 is 15.8 Å². The Kier molecular flexibility index (Phi) is 5.35. The van der Waals surface area contributed by atoms with Gasteiger partial charge in [-0.05, 0) is 25.8 Å². The molecule has 1 aliphatic carbocycles. The molecule has 3 atom stereocenters. The predicted octanol–water partition coefficient (Wildman–Crippen LogP) is -1.28. The lowest BCUT2D eigenvalue weighted by molar-refractivity contribution is 0.243. The molecule has 1 aliphatic heterocycles. The molecule has 0 bridgehead atoms. The lowest BCUT2D eigenvalue weighted by Gasteiger charge is -2.29. The van der Waals surface area contributed by atoms with Gasteiger partial charge in [0.05, 0.1) is 18.5 Å². The first-order valence-corrected chi connectivity index (χ1v) is 8.24.